The van der Waals surface area contributed by atoms with Crippen molar-refractivity contribution >= 4 is 24.0 Å². The van der Waals surface area contributed by atoms with E-state index in [0.717, 1.165) is 6.29 Å². The maximum absolute atomic E-state index is 10.4. The van der Waals surface area contributed by atoms with E-state index in [0.29, 0.717) is 31.1 Å². The van der Waals surface area contributed by atoms with Crippen molar-refractivity contribution < 1.29 is 28.7 Å². The molecule has 0 N–H and O–H groups in total. The Kier molecular flexibility index (Phi) is 10.2. The van der Waals surface area contributed by atoms with Crippen molar-refractivity contribution in [2.45, 2.75) is 73.0 Å². The highest BCUT2D eigenvalue weighted by molar-refractivity contribution is 5.78. The molecule has 0 radical (unpaired) electrons. The third-order valence-corrected chi connectivity index (χ3v) is 4.06. The van der Waals surface area contributed by atoms with Gasteiger partial charge < -0.3 is 19.1 Å². The summed E-state index contributed by atoms with van der Waals surface area (Å²) >= 11 is 0. The molecule has 6 heteroatoms. The van der Waals surface area contributed by atoms with Crippen molar-refractivity contribution in [1.29, 1.82) is 0 Å². The molecular weight excluding hydrogens is 312 g/mol. The van der Waals surface area contributed by atoms with Crippen LogP contribution in [0.25, 0.3) is 0 Å². The zero-order valence-electron chi connectivity index (χ0n) is 15.5. The average Bonchev–Trinajstić information content (AvgIpc) is 2.91. The lowest BCUT2D eigenvalue weighted by Crippen LogP contribution is -2.06. The Labute approximate surface area is 144 Å². The van der Waals surface area contributed by atoms with Crippen molar-refractivity contribution in [2.24, 2.45) is 17.8 Å². The van der Waals surface area contributed by atoms with Gasteiger partial charge in [0.25, 0.3) is 0 Å². The van der Waals surface area contributed by atoms with Gasteiger partial charge in [0.1, 0.15) is 24.3 Å². The first kappa shape index (κ1) is 22.3. The number of ether oxygens (including phenoxy) is 2. The summed E-state index contributed by atoms with van der Waals surface area (Å²) in [5.41, 5.74) is 0. The summed E-state index contributed by atoms with van der Waals surface area (Å²) in [5.74, 6) is 0.706. The summed E-state index contributed by atoms with van der Waals surface area (Å²) in [7, 11) is 0. The van der Waals surface area contributed by atoms with Gasteiger partial charge in [0.05, 0.1) is 12.8 Å². The van der Waals surface area contributed by atoms with Crippen LogP contribution in [0.5, 0.6) is 0 Å². The average molecular weight is 342 g/mol. The Hall–Kier alpha value is -1.72. The van der Waals surface area contributed by atoms with Gasteiger partial charge in [0.15, 0.2) is 0 Å². The third-order valence-electron chi connectivity index (χ3n) is 4.06. The number of carbonyl (C=O) groups is 4. The molecule has 5 unspecified atom stereocenters. The molecule has 0 aromatic rings. The lowest BCUT2D eigenvalue weighted by Gasteiger charge is -2.03. The topological polar surface area (TPSA) is 86.7 Å². The summed E-state index contributed by atoms with van der Waals surface area (Å²) in [6.07, 6.45) is 2.65. The maximum atomic E-state index is 10.4. The van der Waals surface area contributed by atoms with Crippen molar-refractivity contribution in [2.75, 3.05) is 0 Å². The fraction of sp³-hybridized carbons (Fsp3) is 0.778. The van der Waals surface area contributed by atoms with Crippen LogP contribution >= 0.6 is 0 Å². The zero-order chi connectivity index (χ0) is 18.9. The van der Waals surface area contributed by atoms with E-state index in [2.05, 4.69) is 0 Å². The summed E-state index contributed by atoms with van der Waals surface area (Å²) in [6, 6.07) is 0. The van der Waals surface area contributed by atoms with Crippen LogP contribution in [0.1, 0.15) is 60.8 Å². The van der Waals surface area contributed by atoms with Gasteiger partial charge >= 0.3 is 11.9 Å². The second-order valence-electron chi connectivity index (χ2n) is 6.77. The van der Waals surface area contributed by atoms with Crippen LogP contribution in [-0.4, -0.2) is 36.2 Å². The molecule has 6 nitrogen and oxygen atoms in total. The first-order chi connectivity index (χ1) is 11.1. The largest absolute Gasteiger partial charge is 0.462 e. The van der Waals surface area contributed by atoms with Crippen LogP contribution < -0.4 is 0 Å². The van der Waals surface area contributed by atoms with Gasteiger partial charge in [-0.15, -0.1) is 0 Å². The molecular formula is C18H30O6. The molecule has 138 valence electrons. The molecule has 0 saturated carbocycles. The molecule has 0 amide bonds. The zero-order valence-corrected chi connectivity index (χ0v) is 15.5. The van der Waals surface area contributed by atoms with E-state index in [4.69, 9.17) is 9.47 Å². The third kappa shape index (κ3) is 9.43. The van der Waals surface area contributed by atoms with E-state index >= 15 is 0 Å². The first-order valence-corrected chi connectivity index (χ1v) is 8.40. The van der Waals surface area contributed by atoms with Gasteiger partial charge in [-0.2, -0.15) is 0 Å². The van der Waals surface area contributed by atoms with Crippen LogP contribution in [-0.2, 0) is 28.7 Å². The van der Waals surface area contributed by atoms with Crippen molar-refractivity contribution in [3.63, 3.8) is 0 Å². The van der Waals surface area contributed by atoms with E-state index in [1.807, 2.05) is 27.7 Å². The Balaban J connectivity index is 0.000000331. The summed E-state index contributed by atoms with van der Waals surface area (Å²) in [6.45, 7) is 11.1. The molecule has 2 fully saturated rings. The summed E-state index contributed by atoms with van der Waals surface area (Å²) in [4.78, 5) is 41.0. The number of rotatable bonds is 3. The van der Waals surface area contributed by atoms with Crippen LogP contribution in [0.4, 0.5) is 0 Å². The normalized spacial score (nSPS) is 29.2. The number of ketones is 1. The van der Waals surface area contributed by atoms with Gasteiger partial charge in [-0.25, -0.2) is 0 Å². The predicted octanol–water partition coefficient (Wildman–Crippen LogP) is 2.72. The minimum atomic E-state index is -0.104. The maximum Gasteiger partial charge on any atom is 0.306 e. The van der Waals surface area contributed by atoms with E-state index < -0.39 is 0 Å². The Morgan fingerprint density at radius 2 is 1.42 bits per heavy atom. The fourth-order valence-electron chi connectivity index (χ4n) is 2.10. The first-order valence-electron chi connectivity index (χ1n) is 8.40. The number of cyclic esters (lactones) is 2. The summed E-state index contributed by atoms with van der Waals surface area (Å²) in [5, 5.41) is 0. The number of Topliss-reactive ketones (excluding diaryl/α,β-unsaturated/α-hetero) is 1. The number of aldehydes is 1. The highest BCUT2D eigenvalue weighted by Crippen LogP contribution is 2.20. The monoisotopic (exact) mass is 342 g/mol. The quantitative estimate of drug-likeness (QED) is 0.579. The van der Waals surface area contributed by atoms with Gasteiger partial charge in [-0.3, -0.25) is 9.59 Å². The lowest BCUT2D eigenvalue weighted by molar-refractivity contribution is -0.141. The molecule has 0 aromatic heterocycles. The molecule has 0 aromatic carbocycles. The highest BCUT2D eigenvalue weighted by Gasteiger charge is 2.27. The number of esters is 2. The van der Waals surface area contributed by atoms with Gasteiger partial charge in [0.2, 0.25) is 0 Å². The highest BCUT2D eigenvalue weighted by atomic mass is 16.6. The second kappa shape index (κ2) is 10.9. The van der Waals surface area contributed by atoms with Gasteiger partial charge in [0, 0.05) is 24.2 Å². The van der Waals surface area contributed by atoms with Crippen LogP contribution in [0.15, 0.2) is 0 Å². The number of hydrogen-bond donors (Lipinski definition) is 0. The SMILES string of the molecule is CC(=O)CC(C)C=O.CC1CC(=O)OC1C.CC1CC(=O)OC1C. The number of hydrogen-bond acceptors (Lipinski definition) is 6. The molecule has 0 bridgehead atoms. The minimum Gasteiger partial charge on any atom is -0.462 e. The Morgan fingerprint density at radius 1 is 1.04 bits per heavy atom. The Morgan fingerprint density at radius 3 is 1.50 bits per heavy atom. The van der Waals surface area contributed by atoms with E-state index in [-0.39, 0.29) is 35.8 Å². The number of carbonyl (C=O) groups excluding carboxylic acids is 4. The minimum absolute atomic E-state index is 0.0509. The standard InChI is InChI=1S/3C6H10O2/c2*1-4-3-6(7)8-5(4)2;1-5(4-7)3-6(2)8/h3*4-5H,3H2,1-2H3. The molecule has 5 atom stereocenters. The van der Waals surface area contributed by atoms with E-state index in [1.165, 1.54) is 6.92 Å². The van der Waals surface area contributed by atoms with Gasteiger partial charge in [-0.1, -0.05) is 20.8 Å². The van der Waals surface area contributed by atoms with Crippen LogP contribution in [0.3, 0.4) is 0 Å². The smallest absolute Gasteiger partial charge is 0.306 e. The van der Waals surface area contributed by atoms with Crippen LogP contribution in [0.2, 0.25) is 0 Å². The van der Waals surface area contributed by atoms with Crippen LogP contribution in [0, 0.1) is 17.8 Å². The van der Waals surface area contributed by atoms with Crippen molar-refractivity contribution in [3.05, 3.63) is 0 Å². The molecule has 2 rings (SSSR count). The van der Waals surface area contributed by atoms with E-state index in [9.17, 15) is 19.2 Å². The molecule has 24 heavy (non-hydrogen) atoms. The van der Waals surface area contributed by atoms with Crippen molar-refractivity contribution in [1.82, 2.24) is 0 Å². The summed E-state index contributed by atoms with van der Waals surface area (Å²) < 4.78 is 9.67. The predicted molar refractivity (Wildman–Crippen MR) is 89.2 cm³/mol. The second-order valence-corrected chi connectivity index (χ2v) is 6.77. The molecule has 2 heterocycles. The fourth-order valence-corrected chi connectivity index (χ4v) is 2.10. The van der Waals surface area contributed by atoms with Gasteiger partial charge in [-0.05, 0) is 20.8 Å². The lowest BCUT2D eigenvalue weighted by atomic mass is 10.1. The molecule has 0 aliphatic carbocycles. The molecule has 0 spiro atoms. The van der Waals surface area contributed by atoms with E-state index in [1.54, 1.807) is 6.92 Å². The Bertz CT molecular complexity index is 393. The molecule has 2 aliphatic heterocycles. The molecule has 2 aliphatic rings. The van der Waals surface area contributed by atoms with Crippen molar-refractivity contribution in [3.8, 4) is 0 Å². The molecule has 2 saturated heterocycles.